The van der Waals surface area contributed by atoms with E-state index in [1.807, 2.05) is 30.3 Å². The van der Waals surface area contributed by atoms with E-state index in [1.165, 1.54) is 0 Å². The average molecular weight is 404 g/mol. The first-order valence-electron chi connectivity index (χ1n) is 9.14. The number of guanidine groups is 1. The van der Waals surface area contributed by atoms with Crippen LogP contribution in [0.25, 0.3) is 0 Å². The van der Waals surface area contributed by atoms with Crippen molar-refractivity contribution in [3.63, 3.8) is 0 Å². The van der Waals surface area contributed by atoms with Crippen LogP contribution in [-0.2, 0) is 13.0 Å². The molecule has 2 aliphatic heterocycles. The van der Waals surface area contributed by atoms with Gasteiger partial charge >= 0.3 is 0 Å². The van der Waals surface area contributed by atoms with Crippen LogP contribution in [0.3, 0.4) is 0 Å². The van der Waals surface area contributed by atoms with E-state index in [-0.39, 0.29) is 6.79 Å². The maximum Gasteiger partial charge on any atom is 0.231 e. The van der Waals surface area contributed by atoms with E-state index < -0.39 is 0 Å². The van der Waals surface area contributed by atoms with E-state index >= 15 is 0 Å². The first-order chi connectivity index (χ1) is 13.7. The number of nitrogens with one attached hydrogen (secondary N) is 2. The van der Waals surface area contributed by atoms with Crippen molar-refractivity contribution in [1.29, 1.82) is 0 Å². The molecule has 2 aromatic rings. The summed E-state index contributed by atoms with van der Waals surface area (Å²) in [7, 11) is 1.75. The molecule has 0 amide bonds. The molecule has 0 atom stereocenters. The van der Waals surface area contributed by atoms with Gasteiger partial charge in [0.2, 0.25) is 6.79 Å². The zero-order chi connectivity index (χ0) is 19.3. The van der Waals surface area contributed by atoms with Crippen LogP contribution in [0.4, 0.5) is 0 Å². The van der Waals surface area contributed by atoms with Crippen LogP contribution < -0.4 is 29.6 Å². The summed E-state index contributed by atoms with van der Waals surface area (Å²) in [5.41, 5.74) is 2.17. The molecule has 0 spiro atoms. The molecule has 0 aromatic heterocycles. The molecule has 0 saturated carbocycles. The van der Waals surface area contributed by atoms with Crippen LogP contribution in [0.1, 0.15) is 11.1 Å². The molecular formula is C20H22ClN3O4. The molecule has 28 heavy (non-hydrogen) atoms. The number of rotatable bonds is 5. The molecule has 2 heterocycles. The highest BCUT2D eigenvalue weighted by Gasteiger charge is 2.16. The van der Waals surface area contributed by atoms with Gasteiger partial charge in [0, 0.05) is 20.1 Å². The Labute approximate surface area is 168 Å². The van der Waals surface area contributed by atoms with Crippen LogP contribution in [0.5, 0.6) is 23.0 Å². The molecule has 0 radical (unpaired) electrons. The fraction of sp³-hybridized carbons (Fsp3) is 0.350. The van der Waals surface area contributed by atoms with Crippen molar-refractivity contribution < 1.29 is 18.9 Å². The van der Waals surface area contributed by atoms with Gasteiger partial charge in [-0.1, -0.05) is 17.7 Å². The fourth-order valence-corrected chi connectivity index (χ4v) is 3.38. The van der Waals surface area contributed by atoms with Gasteiger partial charge in [-0.05, 0) is 41.8 Å². The lowest BCUT2D eigenvalue weighted by Crippen LogP contribution is -2.37. The van der Waals surface area contributed by atoms with Gasteiger partial charge in [0.1, 0.15) is 13.2 Å². The predicted octanol–water partition coefficient (Wildman–Crippen LogP) is 2.75. The second kappa shape index (κ2) is 8.48. The topological polar surface area (TPSA) is 73.3 Å². The Morgan fingerprint density at radius 3 is 2.68 bits per heavy atom. The summed E-state index contributed by atoms with van der Waals surface area (Å²) < 4.78 is 21.9. The zero-order valence-corrected chi connectivity index (χ0v) is 16.3. The molecule has 148 valence electrons. The van der Waals surface area contributed by atoms with Gasteiger partial charge in [-0.2, -0.15) is 0 Å². The summed E-state index contributed by atoms with van der Waals surface area (Å²) in [6.07, 6.45) is 0.779. The standard InChI is InChI=1S/C20H22ClN3O4/c1-22-20(24-11-14-2-3-16-17(10-14)28-12-27-16)23-5-4-13-8-15(21)19-18(9-13)25-6-7-26-19/h2-3,8-10H,4-7,11-12H2,1H3,(H2,22,23,24). The largest absolute Gasteiger partial charge is 0.486 e. The Kier molecular flexibility index (Phi) is 5.62. The van der Waals surface area contributed by atoms with E-state index in [0.717, 1.165) is 35.0 Å². The second-order valence-corrected chi connectivity index (χ2v) is 6.80. The Hall–Kier alpha value is -2.80. The highest BCUT2D eigenvalue weighted by Crippen LogP contribution is 2.38. The molecule has 7 nitrogen and oxygen atoms in total. The van der Waals surface area contributed by atoms with Gasteiger partial charge in [0.25, 0.3) is 0 Å². The zero-order valence-electron chi connectivity index (χ0n) is 15.6. The Morgan fingerprint density at radius 2 is 1.79 bits per heavy atom. The summed E-state index contributed by atoms with van der Waals surface area (Å²) in [5.74, 6) is 3.62. The second-order valence-electron chi connectivity index (χ2n) is 6.39. The van der Waals surface area contributed by atoms with Gasteiger partial charge in [-0.15, -0.1) is 0 Å². The quantitative estimate of drug-likeness (QED) is 0.590. The van der Waals surface area contributed by atoms with Crippen molar-refractivity contribution >= 4 is 17.6 Å². The summed E-state index contributed by atoms with van der Waals surface area (Å²) in [4.78, 5) is 4.26. The Bertz CT molecular complexity index is 888. The number of halogens is 1. The van der Waals surface area contributed by atoms with E-state index in [9.17, 15) is 0 Å². The molecule has 0 saturated heterocycles. The number of aliphatic imine (C=N–C) groups is 1. The molecule has 4 rings (SSSR count). The van der Waals surface area contributed by atoms with E-state index in [1.54, 1.807) is 7.05 Å². The van der Waals surface area contributed by atoms with Crippen molar-refractivity contribution in [2.24, 2.45) is 4.99 Å². The predicted molar refractivity (Wildman–Crippen MR) is 107 cm³/mol. The minimum absolute atomic E-state index is 0.277. The van der Waals surface area contributed by atoms with Crippen LogP contribution in [0.15, 0.2) is 35.3 Å². The number of ether oxygens (including phenoxy) is 4. The van der Waals surface area contributed by atoms with Crippen molar-refractivity contribution in [2.45, 2.75) is 13.0 Å². The number of hydrogen-bond donors (Lipinski definition) is 2. The summed E-state index contributed by atoms with van der Waals surface area (Å²) in [5, 5.41) is 7.19. The van der Waals surface area contributed by atoms with Crippen LogP contribution >= 0.6 is 11.6 Å². The lowest BCUT2D eigenvalue weighted by molar-refractivity contribution is 0.171. The van der Waals surface area contributed by atoms with Gasteiger partial charge in [-0.3, -0.25) is 4.99 Å². The van der Waals surface area contributed by atoms with Crippen molar-refractivity contribution in [3.8, 4) is 23.0 Å². The van der Waals surface area contributed by atoms with E-state index in [0.29, 0.717) is 42.8 Å². The molecule has 0 unspecified atom stereocenters. The third-order valence-electron chi connectivity index (χ3n) is 4.48. The first-order valence-corrected chi connectivity index (χ1v) is 9.52. The normalized spacial score (nSPS) is 14.7. The third-order valence-corrected chi connectivity index (χ3v) is 4.76. The SMILES string of the molecule is CN=C(NCCc1cc(Cl)c2c(c1)OCCO2)NCc1ccc2c(c1)OCO2. The van der Waals surface area contributed by atoms with E-state index in [2.05, 4.69) is 15.6 Å². The number of fused-ring (bicyclic) bond motifs is 2. The number of hydrogen-bond acceptors (Lipinski definition) is 5. The third kappa shape index (κ3) is 4.20. The Balaban J connectivity index is 1.28. The molecule has 0 bridgehead atoms. The fourth-order valence-electron chi connectivity index (χ4n) is 3.09. The summed E-state index contributed by atoms with van der Waals surface area (Å²) in [6, 6.07) is 9.79. The van der Waals surface area contributed by atoms with Crippen LogP contribution in [0, 0.1) is 0 Å². The molecule has 2 N–H and O–H groups in total. The highest BCUT2D eigenvalue weighted by atomic mass is 35.5. The van der Waals surface area contributed by atoms with Gasteiger partial charge in [-0.25, -0.2) is 0 Å². The van der Waals surface area contributed by atoms with Crippen molar-refractivity contribution in [2.75, 3.05) is 33.6 Å². The lowest BCUT2D eigenvalue weighted by atomic mass is 10.1. The smallest absolute Gasteiger partial charge is 0.231 e. The first kappa shape index (κ1) is 18.6. The lowest BCUT2D eigenvalue weighted by Gasteiger charge is -2.20. The van der Waals surface area contributed by atoms with Gasteiger partial charge in [0.05, 0.1) is 5.02 Å². The minimum atomic E-state index is 0.277. The molecule has 8 heteroatoms. The minimum Gasteiger partial charge on any atom is -0.486 e. The molecule has 0 fully saturated rings. The molecular weight excluding hydrogens is 382 g/mol. The monoisotopic (exact) mass is 403 g/mol. The van der Waals surface area contributed by atoms with Crippen molar-refractivity contribution in [3.05, 3.63) is 46.5 Å². The molecule has 2 aromatic carbocycles. The van der Waals surface area contributed by atoms with Gasteiger partial charge < -0.3 is 29.6 Å². The summed E-state index contributed by atoms with van der Waals surface area (Å²) in [6.45, 7) is 2.68. The number of benzene rings is 2. The van der Waals surface area contributed by atoms with Crippen LogP contribution in [-0.4, -0.2) is 39.6 Å². The maximum absolute atomic E-state index is 6.29. The maximum atomic E-state index is 6.29. The molecule has 0 aliphatic carbocycles. The van der Waals surface area contributed by atoms with Gasteiger partial charge in [0.15, 0.2) is 29.0 Å². The molecule has 2 aliphatic rings. The average Bonchev–Trinajstić information content (AvgIpc) is 3.18. The Morgan fingerprint density at radius 1 is 0.964 bits per heavy atom. The number of nitrogens with zero attached hydrogens (tertiary/aromatic N) is 1. The highest BCUT2D eigenvalue weighted by molar-refractivity contribution is 6.32. The van der Waals surface area contributed by atoms with Crippen molar-refractivity contribution in [1.82, 2.24) is 10.6 Å². The summed E-state index contributed by atoms with van der Waals surface area (Å²) >= 11 is 6.29. The van der Waals surface area contributed by atoms with Crippen LogP contribution in [0.2, 0.25) is 5.02 Å². The van der Waals surface area contributed by atoms with E-state index in [4.69, 9.17) is 30.5 Å².